The monoisotopic (exact) mass is 332 g/mol. The number of ether oxygens (including phenoxy) is 1. The van der Waals surface area contributed by atoms with E-state index in [0.29, 0.717) is 12.3 Å². The lowest BCUT2D eigenvalue weighted by Gasteiger charge is -2.31. The van der Waals surface area contributed by atoms with Crippen LogP contribution in [-0.2, 0) is 14.3 Å². The first-order chi connectivity index (χ1) is 12.2. The van der Waals surface area contributed by atoms with Crippen LogP contribution in [0.1, 0.15) is 29.9 Å². The van der Waals surface area contributed by atoms with E-state index in [1.807, 2.05) is 66.7 Å². The summed E-state index contributed by atoms with van der Waals surface area (Å²) in [7, 11) is 0. The molecule has 3 atom stereocenters. The van der Waals surface area contributed by atoms with Crippen molar-refractivity contribution in [2.75, 3.05) is 0 Å². The molecule has 1 fully saturated rings. The fraction of sp³-hybridized carbons (Fsp3) is 0.273. The summed E-state index contributed by atoms with van der Waals surface area (Å²) in [5.74, 6) is -0.533. The van der Waals surface area contributed by atoms with Gasteiger partial charge >= 0.3 is 5.97 Å². The summed E-state index contributed by atoms with van der Waals surface area (Å²) in [6.45, 7) is 0. The summed E-state index contributed by atoms with van der Waals surface area (Å²) in [6, 6.07) is 19.2. The first kappa shape index (κ1) is 15.8. The molecule has 2 aliphatic rings. The molecule has 4 rings (SSSR count). The highest BCUT2D eigenvalue weighted by Crippen LogP contribution is 2.48. The zero-order valence-electron chi connectivity index (χ0n) is 13.9. The number of rotatable bonds is 5. The van der Waals surface area contributed by atoms with Crippen LogP contribution in [0.3, 0.4) is 0 Å². The highest BCUT2D eigenvalue weighted by atomic mass is 16.6. The Morgan fingerprint density at radius 1 is 1.00 bits per heavy atom. The van der Waals surface area contributed by atoms with Crippen LogP contribution in [0.4, 0.5) is 0 Å². The van der Waals surface area contributed by atoms with Gasteiger partial charge in [0.15, 0.2) is 11.9 Å². The summed E-state index contributed by atoms with van der Waals surface area (Å²) in [5.41, 5.74) is 0.745. The van der Waals surface area contributed by atoms with Crippen molar-refractivity contribution in [3.63, 3.8) is 0 Å². The van der Waals surface area contributed by atoms with Gasteiger partial charge in [-0.05, 0) is 23.5 Å². The molecule has 3 heteroatoms. The van der Waals surface area contributed by atoms with Crippen molar-refractivity contribution in [1.29, 1.82) is 0 Å². The molecule has 2 aromatic carbocycles. The van der Waals surface area contributed by atoms with Crippen molar-refractivity contribution in [2.45, 2.75) is 24.4 Å². The minimum absolute atomic E-state index is 0.00569. The second-order valence-electron chi connectivity index (χ2n) is 6.94. The van der Waals surface area contributed by atoms with Crippen LogP contribution in [0.2, 0.25) is 0 Å². The van der Waals surface area contributed by atoms with Crippen molar-refractivity contribution in [1.82, 2.24) is 0 Å². The molecule has 0 aliphatic heterocycles. The van der Waals surface area contributed by atoms with Gasteiger partial charge in [-0.25, -0.2) is 0 Å². The Balaban J connectivity index is 1.67. The van der Waals surface area contributed by atoms with Gasteiger partial charge in [0, 0.05) is 12.3 Å². The molecule has 3 nitrogen and oxygen atoms in total. The lowest BCUT2D eigenvalue weighted by Crippen LogP contribution is -2.42. The third kappa shape index (κ3) is 2.80. The van der Waals surface area contributed by atoms with Crippen LogP contribution in [0.5, 0.6) is 0 Å². The Hall–Kier alpha value is -2.68. The average Bonchev–Trinajstić information content (AvgIpc) is 3.25. The van der Waals surface area contributed by atoms with Gasteiger partial charge in [-0.2, -0.15) is 0 Å². The van der Waals surface area contributed by atoms with Gasteiger partial charge < -0.3 is 4.74 Å². The van der Waals surface area contributed by atoms with E-state index in [0.717, 1.165) is 23.8 Å². The zero-order valence-corrected chi connectivity index (χ0v) is 13.9. The van der Waals surface area contributed by atoms with Crippen molar-refractivity contribution < 1.29 is 14.3 Å². The largest absolute Gasteiger partial charge is 0.450 e. The van der Waals surface area contributed by atoms with Crippen LogP contribution in [0.25, 0.3) is 0 Å². The van der Waals surface area contributed by atoms with E-state index < -0.39 is 11.5 Å². The van der Waals surface area contributed by atoms with E-state index in [2.05, 4.69) is 6.08 Å². The molecule has 0 amide bonds. The third-order valence-electron chi connectivity index (χ3n) is 5.37. The zero-order chi connectivity index (χ0) is 17.3. The van der Waals surface area contributed by atoms with Crippen molar-refractivity contribution in [3.05, 3.63) is 83.9 Å². The van der Waals surface area contributed by atoms with Crippen LogP contribution in [-0.4, -0.2) is 17.9 Å². The van der Waals surface area contributed by atoms with Crippen LogP contribution in [0.15, 0.2) is 72.8 Å². The molecule has 0 heterocycles. The molecule has 0 saturated heterocycles. The SMILES string of the molecule is O=C[C@]1(OC(=O)C(c2ccccc2)c2ccccc2)C[C@H]2C=C[C@@H]1C2. The second kappa shape index (κ2) is 6.32. The van der Waals surface area contributed by atoms with Gasteiger partial charge in [0.25, 0.3) is 0 Å². The minimum atomic E-state index is -1.00. The Bertz CT molecular complexity index is 757. The predicted octanol–water partition coefficient (Wildman–Crippen LogP) is 3.90. The van der Waals surface area contributed by atoms with Gasteiger partial charge in [0.1, 0.15) is 5.92 Å². The number of aldehydes is 1. The normalized spacial score (nSPS) is 26.8. The molecule has 0 spiro atoms. The summed E-state index contributed by atoms with van der Waals surface area (Å²) < 4.78 is 5.89. The standard InChI is InChI=1S/C22H20O3/c23-15-22(14-16-11-12-19(22)13-16)25-21(24)20(17-7-3-1-4-8-17)18-9-5-2-6-10-18/h1-12,15-16,19-20H,13-14H2/t16-,19+,22+/m0/s1. The maximum atomic E-state index is 13.1. The van der Waals surface area contributed by atoms with E-state index in [1.165, 1.54) is 0 Å². The van der Waals surface area contributed by atoms with Crippen molar-refractivity contribution >= 4 is 12.3 Å². The van der Waals surface area contributed by atoms with E-state index in [9.17, 15) is 9.59 Å². The molecule has 25 heavy (non-hydrogen) atoms. The molecule has 0 N–H and O–H groups in total. The number of esters is 1. The van der Waals surface area contributed by atoms with Crippen LogP contribution >= 0.6 is 0 Å². The number of hydrogen-bond acceptors (Lipinski definition) is 3. The summed E-state index contributed by atoms with van der Waals surface area (Å²) >= 11 is 0. The fourth-order valence-electron chi connectivity index (χ4n) is 4.13. The number of allylic oxidation sites excluding steroid dienone is 1. The second-order valence-corrected chi connectivity index (χ2v) is 6.94. The summed E-state index contributed by atoms with van der Waals surface area (Å²) in [5, 5.41) is 0. The first-order valence-corrected chi connectivity index (χ1v) is 8.69. The average molecular weight is 332 g/mol. The lowest BCUT2D eigenvalue weighted by atomic mass is 9.87. The summed E-state index contributed by atoms with van der Waals surface area (Å²) in [6.07, 6.45) is 6.49. The highest BCUT2D eigenvalue weighted by Gasteiger charge is 2.52. The van der Waals surface area contributed by atoms with Gasteiger partial charge in [0.05, 0.1) is 0 Å². The number of fused-ring (bicyclic) bond motifs is 2. The molecule has 1 saturated carbocycles. The Morgan fingerprint density at radius 2 is 1.60 bits per heavy atom. The van der Waals surface area contributed by atoms with Gasteiger partial charge in [-0.1, -0.05) is 72.8 Å². The van der Waals surface area contributed by atoms with Crippen LogP contribution < -0.4 is 0 Å². The maximum absolute atomic E-state index is 13.1. The number of benzene rings is 2. The maximum Gasteiger partial charge on any atom is 0.318 e. The number of carbonyl (C=O) groups is 2. The summed E-state index contributed by atoms with van der Waals surface area (Å²) in [4.78, 5) is 25.0. The van der Waals surface area contributed by atoms with E-state index in [-0.39, 0.29) is 11.9 Å². The quantitative estimate of drug-likeness (QED) is 0.474. The molecular formula is C22H20O3. The van der Waals surface area contributed by atoms with Crippen molar-refractivity contribution in [2.24, 2.45) is 11.8 Å². The lowest BCUT2D eigenvalue weighted by molar-refractivity contribution is -0.166. The van der Waals surface area contributed by atoms with Gasteiger partial charge in [-0.3, -0.25) is 9.59 Å². The molecule has 126 valence electrons. The van der Waals surface area contributed by atoms with E-state index >= 15 is 0 Å². The van der Waals surface area contributed by atoms with Gasteiger partial charge in [-0.15, -0.1) is 0 Å². The number of hydrogen-bond donors (Lipinski definition) is 0. The molecule has 0 aromatic heterocycles. The number of carbonyl (C=O) groups excluding carboxylic acids is 2. The molecule has 2 bridgehead atoms. The van der Waals surface area contributed by atoms with Crippen LogP contribution in [0, 0.1) is 11.8 Å². The van der Waals surface area contributed by atoms with E-state index in [4.69, 9.17) is 4.74 Å². The van der Waals surface area contributed by atoms with E-state index in [1.54, 1.807) is 0 Å². The highest BCUT2D eigenvalue weighted by molar-refractivity contribution is 5.85. The molecule has 0 unspecified atom stereocenters. The molecule has 2 aromatic rings. The molecule has 0 radical (unpaired) electrons. The first-order valence-electron chi connectivity index (χ1n) is 8.69. The third-order valence-corrected chi connectivity index (χ3v) is 5.37. The van der Waals surface area contributed by atoms with Crippen molar-refractivity contribution in [3.8, 4) is 0 Å². The molecular weight excluding hydrogens is 312 g/mol. The Labute approximate surface area is 147 Å². The predicted molar refractivity (Wildman–Crippen MR) is 95.0 cm³/mol. The van der Waals surface area contributed by atoms with Gasteiger partial charge in [0.2, 0.25) is 0 Å². The smallest absolute Gasteiger partial charge is 0.318 e. The topological polar surface area (TPSA) is 43.4 Å². The minimum Gasteiger partial charge on any atom is -0.450 e. The Morgan fingerprint density at radius 3 is 2.04 bits per heavy atom. The molecule has 2 aliphatic carbocycles. The Kier molecular flexibility index (Phi) is 4.00. The fourth-order valence-corrected chi connectivity index (χ4v) is 4.13.